The molecule has 2 heterocycles. The van der Waals surface area contributed by atoms with Crippen LogP contribution in [0.3, 0.4) is 0 Å². The summed E-state index contributed by atoms with van der Waals surface area (Å²) in [4.78, 5) is 43.0. The second kappa shape index (κ2) is 10.2. The van der Waals surface area contributed by atoms with Gasteiger partial charge >= 0.3 is 6.03 Å². The molecule has 0 radical (unpaired) electrons. The summed E-state index contributed by atoms with van der Waals surface area (Å²) in [5.74, 6) is 0.0819. The minimum absolute atomic E-state index is 0.0198. The van der Waals surface area contributed by atoms with Gasteiger partial charge in [0.05, 0.1) is 5.69 Å². The van der Waals surface area contributed by atoms with E-state index in [0.717, 1.165) is 31.5 Å². The molecular weight excluding hydrogens is 456 g/mol. The Labute approximate surface area is 212 Å². The number of nitrogens with one attached hydrogen (secondary N) is 2. The number of nitrogens with zero attached hydrogens (tertiary/aromatic N) is 2. The van der Waals surface area contributed by atoms with Gasteiger partial charge in [-0.05, 0) is 67.9 Å². The van der Waals surface area contributed by atoms with Crippen molar-refractivity contribution in [2.75, 3.05) is 36.5 Å². The van der Waals surface area contributed by atoms with Crippen LogP contribution in [0.4, 0.5) is 16.2 Å². The SMILES string of the molecule is Cc1cccc(NC(=O)N[C@@H]2COc3ccccc3N(CC(=O)N3CCC4(CCCC4)CC3)C2=O)c1. The van der Waals surface area contributed by atoms with Gasteiger partial charge in [-0.2, -0.15) is 0 Å². The van der Waals surface area contributed by atoms with Crippen molar-refractivity contribution in [1.82, 2.24) is 10.2 Å². The Bertz CT molecular complexity index is 1130. The molecule has 5 rings (SSSR count). The third-order valence-corrected chi connectivity index (χ3v) is 7.84. The molecule has 0 unspecified atom stereocenters. The molecule has 2 aliphatic heterocycles. The molecule has 2 N–H and O–H groups in total. The van der Waals surface area contributed by atoms with Crippen LogP contribution in [0.5, 0.6) is 5.75 Å². The summed E-state index contributed by atoms with van der Waals surface area (Å²) in [5.41, 5.74) is 2.60. The largest absolute Gasteiger partial charge is 0.489 e. The highest BCUT2D eigenvalue weighted by molar-refractivity contribution is 6.05. The summed E-state index contributed by atoms with van der Waals surface area (Å²) in [6.45, 7) is 3.31. The number of ether oxygens (including phenoxy) is 1. The van der Waals surface area contributed by atoms with Crippen molar-refractivity contribution in [3.05, 3.63) is 54.1 Å². The quantitative estimate of drug-likeness (QED) is 0.675. The van der Waals surface area contributed by atoms with Crippen LogP contribution in [0.15, 0.2) is 48.5 Å². The van der Waals surface area contributed by atoms with Gasteiger partial charge in [-0.1, -0.05) is 37.1 Å². The maximum Gasteiger partial charge on any atom is 0.320 e. The maximum absolute atomic E-state index is 13.6. The average Bonchev–Trinajstić information content (AvgIpc) is 3.28. The summed E-state index contributed by atoms with van der Waals surface area (Å²) >= 11 is 0. The van der Waals surface area contributed by atoms with E-state index in [1.54, 1.807) is 18.2 Å². The average molecular weight is 491 g/mol. The normalized spacial score (nSPS) is 20.9. The number of hydrogen-bond donors (Lipinski definition) is 2. The zero-order chi connectivity index (χ0) is 25.1. The predicted octanol–water partition coefficient (Wildman–Crippen LogP) is 4.09. The second-order valence-electron chi connectivity index (χ2n) is 10.3. The molecule has 1 aliphatic carbocycles. The minimum Gasteiger partial charge on any atom is -0.489 e. The van der Waals surface area contributed by atoms with E-state index in [-0.39, 0.29) is 25.0 Å². The number of anilines is 2. The Morgan fingerprint density at radius 3 is 2.53 bits per heavy atom. The highest BCUT2D eigenvalue weighted by Crippen LogP contribution is 2.46. The maximum atomic E-state index is 13.6. The topological polar surface area (TPSA) is 91.0 Å². The van der Waals surface area contributed by atoms with Gasteiger partial charge in [0.1, 0.15) is 24.9 Å². The fraction of sp³-hybridized carbons (Fsp3) is 0.464. The monoisotopic (exact) mass is 490 g/mol. The van der Waals surface area contributed by atoms with Crippen LogP contribution in [-0.2, 0) is 9.59 Å². The van der Waals surface area contributed by atoms with Gasteiger partial charge in [-0.15, -0.1) is 0 Å². The number of urea groups is 1. The number of carbonyl (C=O) groups is 3. The Hall–Kier alpha value is -3.55. The molecule has 36 heavy (non-hydrogen) atoms. The van der Waals surface area contributed by atoms with E-state index in [2.05, 4.69) is 10.6 Å². The number of rotatable bonds is 4. The number of likely N-dealkylation sites (tertiary alicyclic amines) is 1. The molecule has 4 amide bonds. The second-order valence-corrected chi connectivity index (χ2v) is 10.3. The van der Waals surface area contributed by atoms with Crippen LogP contribution in [0.2, 0.25) is 0 Å². The molecule has 1 saturated heterocycles. The van der Waals surface area contributed by atoms with Crippen molar-refractivity contribution >= 4 is 29.2 Å². The van der Waals surface area contributed by atoms with Gasteiger partial charge < -0.3 is 20.3 Å². The first-order valence-electron chi connectivity index (χ1n) is 12.9. The van der Waals surface area contributed by atoms with Crippen LogP contribution in [0.25, 0.3) is 0 Å². The van der Waals surface area contributed by atoms with Crippen molar-refractivity contribution in [3.8, 4) is 5.75 Å². The van der Waals surface area contributed by atoms with E-state index >= 15 is 0 Å². The molecule has 2 aromatic carbocycles. The number of benzene rings is 2. The van der Waals surface area contributed by atoms with E-state index in [0.29, 0.717) is 22.5 Å². The van der Waals surface area contributed by atoms with E-state index in [9.17, 15) is 14.4 Å². The number of aryl methyl sites for hydroxylation is 1. The highest BCUT2D eigenvalue weighted by Gasteiger charge is 2.39. The van der Waals surface area contributed by atoms with Crippen molar-refractivity contribution < 1.29 is 19.1 Å². The zero-order valence-electron chi connectivity index (χ0n) is 20.8. The number of piperidine rings is 1. The van der Waals surface area contributed by atoms with Crippen LogP contribution >= 0.6 is 0 Å². The first-order valence-corrected chi connectivity index (χ1v) is 12.9. The third kappa shape index (κ3) is 5.17. The molecule has 1 saturated carbocycles. The molecule has 2 fully saturated rings. The van der Waals surface area contributed by atoms with Gasteiger partial charge in [0.15, 0.2) is 0 Å². The van der Waals surface area contributed by atoms with Crippen molar-refractivity contribution in [2.45, 2.75) is 51.5 Å². The summed E-state index contributed by atoms with van der Waals surface area (Å²) < 4.78 is 5.89. The molecule has 0 aromatic heterocycles. The van der Waals surface area contributed by atoms with Crippen LogP contribution in [-0.4, -0.2) is 55.0 Å². The van der Waals surface area contributed by atoms with Crippen molar-refractivity contribution in [1.29, 1.82) is 0 Å². The van der Waals surface area contributed by atoms with Crippen LogP contribution in [0, 0.1) is 12.3 Å². The van der Waals surface area contributed by atoms with E-state index < -0.39 is 12.1 Å². The first kappa shape index (κ1) is 24.2. The molecule has 2 aromatic rings. The first-order chi connectivity index (χ1) is 17.4. The summed E-state index contributed by atoms with van der Waals surface area (Å²) in [6.07, 6.45) is 7.19. The van der Waals surface area contributed by atoms with Crippen molar-refractivity contribution in [3.63, 3.8) is 0 Å². The smallest absolute Gasteiger partial charge is 0.320 e. The van der Waals surface area contributed by atoms with Gasteiger partial charge in [-0.3, -0.25) is 14.5 Å². The van der Waals surface area contributed by atoms with Crippen LogP contribution in [0.1, 0.15) is 44.1 Å². The lowest BCUT2D eigenvalue weighted by Gasteiger charge is -2.40. The summed E-state index contributed by atoms with van der Waals surface area (Å²) in [7, 11) is 0. The minimum atomic E-state index is -0.932. The lowest BCUT2D eigenvalue weighted by molar-refractivity contribution is -0.133. The number of hydrogen-bond acceptors (Lipinski definition) is 4. The lowest BCUT2D eigenvalue weighted by Crippen LogP contribution is -2.54. The van der Waals surface area contributed by atoms with Gasteiger partial charge in [0, 0.05) is 18.8 Å². The molecule has 1 atom stereocenters. The van der Waals surface area contributed by atoms with E-state index in [1.165, 1.54) is 30.6 Å². The molecule has 1 spiro atoms. The molecule has 8 heteroatoms. The number of fused-ring (bicyclic) bond motifs is 1. The van der Waals surface area contributed by atoms with E-state index in [4.69, 9.17) is 4.74 Å². The fourth-order valence-corrected chi connectivity index (χ4v) is 5.76. The number of para-hydroxylation sites is 2. The van der Waals surface area contributed by atoms with Gasteiger partial charge in [0.2, 0.25) is 5.91 Å². The summed E-state index contributed by atoms with van der Waals surface area (Å²) in [5, 5.41) is 5.51. The van der Waals surface area contributed by atoms with E-state index in [1.807, 2.05) is 42.2 Å². The number of carbonyl (C=O) groups excluding carboxylic acids is 3. The fourth-order valence-electron chi connectivity index (χ4n) is 5.76. The molecule has 8 nitrogen and oxygen atoms in total. The third-order valence-electron chi connectivity index (χ3n) is 7.84. The number of amides is 4. The molecule has 0 bridgehead atoms. The van der Waals surface area contributed by atoms with Crippen molar-refractivity contribution in [2.24, 2.45) is 5.41 Å². The highest BCUT2D eigenvalue weighted by atomic mass is 16.5. The Kier molecular flexibility index (Phi) is 6.85. The summed E-state index contributed by atoms with van der Waals surface area (Å²) in [6, 6.07) is 13.2. The lowest BCUT2D eigenvalue weighted by atomic mass is 9.77. The molecule has 190 valence electrons. The van der Waals surface area contributed by atoms with Gasteiger partial charge in [-0.25, -0.2) is 4.79 Å². The Morgan fingerprint density at radius 1 is 1.03 bits per heavy atom. The Morgan fingerprint density at radius 2 is 1.78 bits per heavy atom. The predicted molar refractivity (Wildman–Crippen MR) is 138 cm³/mol. The molecule has 3 aliphatic rings. The Balaban J connectivity index is 1.28. The van der Waals surface area contributed by atoms with Crippen LogP contribution < -0.4 is 20.3 Å². The molecular formula is C28H34N4O4. The standard InChI is InChI=1S/C28H34N4O4/c1-20-7-6-8-21(17-20)29-27(35)30-22-19-36-24-10-3-2-9-23(24)32(26(22)34)18-25(33)31-15-13-28(14-16-31)11-4-5-12-28/h2-3,6-10,17,22H,4-5,11-16,18-19H2,1H3,(H2,29,30,35)/t22-/m1/s1. The zero-order valence-corrected chi connectivity index (χ0v) is 20.8. The van der Waals surface area contributed by atoms with Gasteiger partial charge in [0.25, 0.3) is 5.91 Å².